The maximum atomic E-state index is 10.6. The number of aliphatic hydroxyl groups excluding tert-OH is 1. The maximum Gasteiger partial charge on any atom is 0.0733 e. The van der Waals surface area contributed by atoms with Crippen molar-refractivity contribution >= 4 is 21.5 Å². The molecule has 0 fully saturated rings. The Morgan fingerprint density at radius 1 is 0.870 bits per heavy atom. The number of nitrogens with two attached hydrogens (primary N) is 1. The summed E-state index contributed by atoms with van der Waals surface area (Å²) in [6.07, 6.45) is 1.19. The molecule has 2 heteroatoms. The van der Waals surface area contributed by atoms with Gasteiger partial charge < -0.3 is 10.8 Å². The van der Waals surface area contributed by atoms with E-state index in [4.69, 9.17) is 5.73 Å². The molecule has 2 atom stereocenters. The van der Waals surface area contributed by atoms with Gasteiger partial charge in [0.05, 0.1) is 12.1 Å². The molecule has 23 heavy (non-hydrogen) atoms. The predicted molar refractivity (Wildman–Crippen MR) is 98.5 cm³/mol. The standard InChI is InChI=1S/C21H25NO/c1-14(2)11-12-19(23)21(22)20-17-9-5-3-7-15(17)13-16-8-4-6-10-18(16)20/h3-10,13-14,19,21,23H,11-12,22H2,1-2H3/t19-,21-/m0/s1. The molecule has 0 spiro atoms. The lowest BCUT2D eigenvalue weighted by molar-refractivity contribution is 0.129. The summed E-state index contributed by atoms with van der Waals surface area (Å²) >= 11 is 0. The third-order valence-corrected chi connectivity index (χ3v) is 4.60. The second-order valence-corrected chi connectivity index (χ2v) is 6.80. The molecule has 0 aliphatic rings. The Labute approximate surface area is 137 Å². The minimum Gasteiger partial charge on any atom is -0.391 e. The number of benzene rings is 3. The van der Waals surface area contributed by atoms with Gasteiger partial charge in [-0.05, 0) is 51.9 Å². The van der Waals surface area contributed by atoms with Crippen molar-refractivity contribution < 1.29 is 5.11 Å². The summed E-state index contributed by atoms with van der Waals surface area (Å²) in [5.41, 5.74) is 7.57. The van der Waals surface area contributed by atoms with E-state index >= 15 is 0 Å². The van der Waals surface area contributed by atoms with E-state index in [0.29, 0.717) is 5.92 Å². The van der Waals surface area contributed by atoms with Crippen LogP contribution in [0, 0.1) is 5.92 Å². The van der Waals surface area contributed by atoms with Gasteiger partial charge in [-0.15, -0.1) is 0 Å². The molecule has 3 aromatic carbocycles. The van der Waals surface area contributed by atoms with Gasteiger partial charge in [0.25, 0.3) is 0 Å². The Morgan fingerprint density at radius 3 is 1.91 bits per heavy atom. The van der Waals surface area contributed by atoms with Crippen LogP contribution in [0.4, 0.5) is 0 Å². The average Bonchev–Trinajstić information content (AvgIpc) is 2.56. The summed E-state index contributed by atoms with van der Waals surface area (Å²) in [5, 5.41) is 15.2. The van der Waals surface area contributed by atoms with E-state index in [0.717, 1.165) is 29.2 Å². The van der Waals surface area contributed by atoms with Gasteiger partial charge >= 0.3 is 0 Å². The van der Waals surface area contributed by atoms with E-state index in [9.17, 15) is 5.11 Å². The third-order valence-electron chi connectivity index (χ3n) is 4.60. The fraction of sp³-hybridized carbons (Fsp3) is 0.333. The van der Waals surface area contributed by atoms with Gasteiger partial charge in [0.2, 0.25) is 0 Å². The van der Waals surface area contributed by atoms with Gasteiger partial charge in [-0.3, -0.25) is 0 Å². The van der Waals surface area contributed by atoms with E-state index in [2.05, 4.69) is 44.2 Å². The molecular weight excluding hydrogens is 282 g/mol. The van der Waals surface area contributed by atoms with Crippen LogP contribution in [-0.2, 0) is 0 Å². The number of rotatable bonds is 5. The van der Waals surface area contributed by atoms with Crippen LogP contribution in [0.1, 0.15) is 38.3 Å². The number of hydrogen-bond donors (Lipinski definition) is 2. The molecule has 0 saturated carbocycles. The fourth-order valence-electron chi connectivity index (χ4n) is 3.28. The summed E-state index contributed by atoms with van der Waals surface area (Å²) in [4.78, 5) is 0. The second kappa shape index (κ2) is 6.69. The van der Waals surface area contributed by atoms with E-state index in [1.54, 1.807) is 0 Å². The monoisotopic (exact) mass is 307 g/mol. The number of fused-ring (bicyclic) bond motifs is 2. The highest BCUT2D eigenvalue weighted by Gasteiger charge is 2.21. The normalized spacial score (nSPS) is 14.5. The van der Waals surface area contributed by atoms with Gasteiger partial charge in [0, 0.05) is 0 Å². The Balaban J connectivity index is 2.12. The van der Waals surface area contributed by atoms with Crippen LogP contribution in [0.15, 0.2) is 54.6 Å². The van der Waals surface area contributed by atoms with E-state index in [1.165, 1.54) is 10.8 Å². The zero-order chi connectivity index (χ0) is 16.4. The summed E-state index contributed by atoms with van der Waals surface area (Å²) in [5.74, 6) is 0.570. The molecule has 120 valence electrons. The first kappa shape index (κ1) is 16.0. The van der Waals surface area contributed by atoms with Crippen molar-refractivity contribution in [1.29, 1.82) is 0 Å². The molecule has 0 aliphatic heterocycles. The molecule has 2 nitrogen and oxygen atoms in total. The van der Waals surface area contributed by atoms with E-state index in [1.807, 2.05) is 24.3 Å². The molecule has 3 N–H and O–H groups in total. The smallest absolute Gasteiger partial charge is 0.0733 e. The number of hydrogen-bond acceptors (Lipinski definition) is 2. The third kappa shape index (κ3) is 3.24. The largest absolute Gasteiger partial charge is 0.391 e. The van der Waals surface area contributed by atoms with Crippen LogP contribution >= 0.6 is 0 Å². The quantitative estimate of drug-likeness (QED) is 0.666. The van der Waals surface area contributed by atoms with Crippen molar-refractivity contribution in [3.63, 3.8) is 0 Å². The molecule has 3 rings (SSSR count). The molecule has 0 radical (unpaired) electrons. The minimum absolute atomic E-state index is 0.371. The first-order valence-corrected chi connectivity index (χ1v) is 8.42. The van der Waals surface area contributed by atoms with Crippen LogP contribution < -0.4 is 5.73 Å². The highest BCUT2D eigenvalue weighted by atomic mass is 16.3. The van der Waals surface area contributed by atoms with Crippen LogP contribution in [0.2, 0.25) is 0 Å². The molecule has 3 aromatic rings. The molecule has 0 amide bonds. The molecule has 0 heterocycles. The SMILES string of the molecule is CC(C)CC[C@H](O)[C@H](N)c1c2ccccc2cc2ccccc12. The average molecular weight is 307 g/mol. The maximum absolute atomic E-state index is 10.6. The van der Waals surface area contributed by atoms with Gasteiger partial charge in [-0.2, -0.15) is 0 Å². The van der Waals surface area contributed by atoms with Crippen molar-refractivity contribution in [2.45, 2.75) is 38.8 Å². The molecule has 0 saturated heterocycles. The minimum atomic E-state index is -0.522. The predicted octanol–water partition coefficient (Wildman–Crippen LogP) is 4.79. The van der Waals surface area contributed by atoms with E-state index < -0.39 is 6.10 Å². The van der Waals surface area contributed by atoms with Crippen LogP contribution in [0.5, 0.6) is 0 Å². The van der Waals surface area contributed by atoms with Crippen molar-refractivity contribution in [3.8, 4) is 0 Å². The second-order valence-electron chi connectivity index (χ2n) is 6.80. The summed E-state index contributed by atoms with van der Waals surface area (Å²) in [6.45, 7) is 4.34. The number of aliphatic hydroxyl groups is 1. The summed E-state index contributed by atoms with van der Waals surface area (Å²) in [7, 11) is 0. The van der Waals surface area contributed by atoms with Gasteiger partial charge in [0.15, 0.2) is 0 Å². The zero-order valence-corrected chi connectivity index (χ0v) is 13.9. The first-order valence-electron chi connectivity index (χ1n) is 8.42. The lowest BCUT2D eigenvalue weighted by atomic mass is 9.88. The molecule has 0 unspecified atom stereocenters. The van der Waals surface area contributed by atoms with Gasteiger partial charge in [0.1, 0.15) is 0 Å². The van der Waals surface area contributed by atoms with Crippen molar-refractivity contribution in [3.05, 3.63) is 60.2 Å². The van der Waals surface area contributed by atoms with Crippen LogP contribution in [0.3, 0.4) is 0 Å². The molecular formula is C21H25NO. The summed E-state index contributed by atoms with van der Waals surface area (Å²) < 4.78 is 0. The molecule has 0 aromatic heterocycles. The lowest BCUT2D eigenvalue weighted by Gasteiger charge is -2.23. The highest BCUT2D eigenvalue weighted by Crippen LogP contribution is 2.34. The van der Waals surface area contributed by atoms with Crippen LogP contribution in [-0.4, -0.2) is 11.2 Å². The van der Waals surface area contributed by atoms with Gasteiger partial charge in [-0.1, -0.05) is 62.4 Å². The topological polar surface area (TPSA) is 46.2 Å². The first-order chi connectivity index (χ1) is 11.1. The van der Waals surface area contributed by atoms with E-state index in [-0.39, 0.29) is 6.04 Å². The Hall–Kier alpha value is -1.90. The van der Waals surface area contributed by atoms with Gasteiger partial charge in [-0.25, -0.2) is 0 Å². The zero-order valence-electron chi connectivity index (χ0n) is 13.9. The lowest BCUT2D eigenvalue weighted by Crippen LogP contribution is -2.27. The van der Waals surface area contributed by atoms with Crippen molar-refractivity contribution in [1.82, 2.24) is 0 Å². The van der Waals surface area contributed by atoms with Crippen molar-refractivity contribution in [2.75, 3.05) is 0 Å². The fourth-order valence-corrected chi connectivity index (χ4v) is 3.28. The van der Waals surface area contributed by atoms with Crippen LogP contribution in [0.25, 0.3) is 21.5 Å². The summed E-state index contributed by atoms with van der Waals surface area (Å²) in [6, 6.07) is 18.4. The Bertz CT molecular complexity index is 755. The molecule has 0 aliphatic carbocycles. The molecule has 0 bridgehead atoms. The van der Waals surface area contributed by atoms with Crippen molar-refractivity contribution in [2.24, 2.45) is 11.7 Å². The Kier molecular flexibility index (Phi) is 4.65. The highest BCUT2D eigenvalue weighted by molar-refractivity contribution is 6.02. The Morgan fingerprint density at radius 2 is 1.39 bits per heavy atom.